The number of thiazole rings is 1. The van der Waals surface area contributed by atoms with Gasteiger partial charge >= 0.3 is 5.97 Å². The molecule has 0 fully saturated rings. The number of carbonyl (C=O) groups is 2. The Morgan fingerprint density at radius 2 is 1.97 bits per heavy atom. The number of nitrogens with zero attached hydrogens (tertiary/aromatic N) is 2. The van der Waals surface area contributed by atoms with Gasteiger partial charge in [-0.3, -0.25) is 4.79 Å². The first-order valence-corrected chi connectivity index (χ1v) is 10.0. The first-order chi connectivity index (χ1) is 14.0. The molecule has 7 heteroatoms. The molecule has 0 bridgehead atoms. The van der Waals surface area contributed by atoms with Gasteiger partial charge in [-0.25, -0.2) is 14.2 Å². The number of fused-ring (bicyclic) bond motifs is 1. The van der Waals surface area contributed by atoms with Gasteiger partial charge in [0.05, 0.1) is 23.4 Å². The van der Waals surface area contributed by atoms with Crippen LogP contribution in [0, 0.1) is 12.7 Å². The van der Waals surface area contributed by atoms with Crippen molar-refractivity contribution in [2.45, 2.75) is 19.8 Å². The van der Waals surface area contributed by atoms with E-state index in [1.807, 2.05) is 6.92 Å². The number of hydrogen-bond acceptors (Lipinski definition) is 5. The summed E-state index contributed by atoms with van der Waals surface area (Å²) in [6.45, 7) is 2.39. The Bertz CT molecular complexity index is 1090. The molecular formula is C22H19FN2O3S. The molecule has 4 rings (SSSR count). The SMILES string of the molecule is COC(=O)c1ccc2c(c1)CCN2C(=O)c1sc(Cc2ccc(F)cc2)nc1C. The van der Waals surface area contributed by atoms with Crippen molar-refractivity contribution in [2.75, 3.05) is 18.6 Å². The molecule has 1 aromatic heterocycles. The van der Waals surface area contributed by atoms with Gasteiger partial charge in [-0.2, -0.15) is 0 Å². The Labute approximate surface area is 171 Å². The quantitative estimate of drug-likeness (QED) is 0.606. The molecule has 2 aromatic carbocycles. The summed E-state index contributed by atoms with van der Waals surface area (Å²) in [7, 11) is 1.35. The summed E-state index contributed by atoms with van der Waals surface area (Å²) in [6, 6.07) is 11.6. The summed E-state index contributed by atoms with van der Waals surface area (Å²) in [5.74, 6) is -0.751. The lowest BCUT2D eigenvalue weighted by Gasteiger charge is -2.16. The molecule has 0 N–H and O–H groups in total. The molecule has 2 heterocycles. The van der Waals surface area contributed by atoms with Crippen LogP contribution in [0.25, 0.3) is 0 Å². The standard InChI is InChI=1S/C22H19FN2O3S/c1-13-20(29-19(24-13)11-14-3-6-17(23)7-4-14)21(26)25-10-9-15-12-16(22(27)28-2)5-8-18(15)25/h3-8,12H,9-11H2,1-2H3. The molecular weight excluding hydrogens is 391 g/mol. The maximum Gasteiger partial charge on any atom is 0.337 e. The molecule has 3 aromatic rings. The zero-order valence-corrected chi connectivity index (χ0v) is 16.9. The van der Waals surface area contributed by atoms with Crippen LogP contribution >= 0.6 is 11.3 Å². The van der Waals surface area contributed by atoms with E-state index >= 15 is 0 Å². The number of carbonyl (C=O) groups excluding carboxylic acids is 2. The third kappa shape index (κ3) is 3.78. The van der Waals surface area contributed by atoms with Gasteiger partial charge in [-0.05, 0) is 54.8 Å². The van der Waals surface area contributed by atoms with Gasteiger partial charge < -0.3 is 9.64 Å². The Balaban J connectivity index is 1.56. The minimum atomic E-state index is -0.388. The Morgan fingerprint density at radius 1 is 1.21 bits per heavy atom. The average Bonchev–Trinajstić information content (AvgIpc) is 3.31. The highest BCUT2D eigenvalue weighted by molar-refractivity contribution is 7.14. The van der Waals surface area contributed by atoms with Gasteiger partial charge in [-0.1, -0.05) is 12.1 Å². The molecule has 0 spiro atoms. The molecule has 0 unspecified atom stereocenters. The van der Waals surface area contributed by atoms with Gasteiger partial charge in [-0.15, -0.1) is 11.3 Å². The number of esters is 1. The van der Waals surface area contributed by atoms with Crippen LogP contribution in [0.5, 0.6) is 0 Å². The lowest BCUT2D eigenvalue weighted by atomic mass is 10.1. The van der Waals surface area contributed by atoms with Crippen molar-refractivity contribution in [3.63, 3.8) is 0 Å². The van der Waals surface area contributed by atoms with Crippen LogP contribution in [-0.2, 0) is 17.6 Å². The van der Waals surface area contributed by atoms with Crippen molar-refractivity contribution in [3.8, 4) is 0 Å². The summed E-state index contributed by atoms with van der Waals surface area (Å²) < 4.78 is 17.9. The van der Waals surface area contributed by atoms with E-state index in [0.29, 0.717) is 35.5 Å². The van der Waals surface area contributed by atoms with E-state index in [0.717, 1.165) is 21.8 Å². The van der Waals surface area contributed by atoms with Crippen molar-refractivity contribution < 1.29 is 18.7 Å². The number of halogens is 1. The first kappa shape index (κ1) is 19.3. The highest BCUT2D eigenvalue weighted by Gasteiger charge is 2.29. The highest BCUT2D eigenvalue weighted by Crippen LogP contribution is 2.32. The largest absolute Gasteiger partial charge is 0.465 e. The van der Waals surface area contributed by atoms with Crippen LogP contribution in [0.1, 0.15) is 41.9 Å². The van der Waals surface area contributed by atoms with Crippen molar-refractivity contribution in [2.24, 2.45) is 0 Å². The summed E-state index contributed by atoms with van der Waals surface area (Å²) in [6.07, 6.45) is 1.24. The fourth-order valence-electron chi connectivity index (χ4n) is 3.48. The van der Waals surface area contributed by atoms with Gasteiger partial charge in [0.2, 0.25) is 0 Å². The maximum atomic E-state index is 13.2. The van der Waals surface area contributed by atoms with Crippen LogP contribution in [0.15, 0.2) is 42.5 Å². The van der Waals surface area contributed by atoms with Crippen molar-refractivity contribution >= 4 is 28.9 Å². The number of benzene rings is 2. The minimum absolute atomic E-state index is 0.0880. The van der Waals surface area contributed by atoms with Gasteiger partial charge in [0.25, 0.3) is 5.91 Å². The highest BCUT2D eigenvalue weighted by atomic mass is 32.1. The summed E-state index contributed by atoms with van der Waals surface area (Å²) in [4.78, 5) is 31.8. The van der Waals surface area contributed by atoms with Crippen molar-refractivity contribution in [1.29, 1.82) is 0 Å². The first-order valence-electron chi connectivity index (χ1n) is 9.20. The lowest BCUT2D eigenvalue weighted by Crippen LogP contribution is -2.28. The summed E-state index contributed by atoms with van der Waals surface area (Å²) in [5, 5.41) is 0.818. The number of ether oxygens (including phenoxy) is 1. The number of hydrogen-bond donors (Lipinski definition) is 0. The van der Waals surface area contributed by atoms with E-state index in [4.69, 9.17) is 4.74 Å². The third-order valence-corrected chi connectivity index (χ3v) is 6.09. The molecule has 0 saturated carbocycles. The van der Waals surface area contributed by atoms with Crippen LogP contribution in [-0.4, -0.2) is 30.5 Å². The van der Waals surface area contributed by atoms with Crippen LogP contribution in [0.2, 0.25) is 0 Å². The fourth-order valence-corrected chi connectivity index (χ4v) is 4.53. The second kappa shape index (κ2) is 7.75. The zero-order valence-electron chi connectivity index (χ0n) is 16.1. The molecule has 1 aliphatic rings. The van der Waals surface area contributed by atoms with E-state index in [2.05, 4.69) is 4.98 Å². The van der Waals surface area contributed by atoms with Gasteiger partial charge in [0.15, 0.2) is 0 Å². The van der Waals surface area contributed by atoms with E-state index in [-0.39, 0.29) is 17.7 Å². The Kier molecular flexibility index (Phi) is 5.15. The fraction of sp³-hybridized carbons (Fsp3) is 0.227. The molecule has 1 amide bonds. The van der Waals surface area contributed by atoms with Gasteiger partial charge in [0, 0.05) is 18.7 Å². The average molecular weight is 410 g/mol. The number of rotatable bonds is 4. The Morgan fingerprint density at radius 3 is 2.69 bits per heavy atom. The molecule has 1 aliphatic heterocycles. The predicted molar refractivity (Wildman–Crippen MR) is 109 cm³/mol. The normalized spacial score (nSPS) is 12.7. The topological polar surface area (TPSA) is 59.5 Å². The van der Waals surface area contributed by atoms with E-state index in [1.165, 1.54) is 30.6 Å². The molecule has 29 heavy (non-hydrogen) atoms. The second-order valence-electron chi connectivity index (χ2n) is 6.87. The molecule has 5 nitrogen and oxygen atoms in total. The maximum absolute atomic E-state index is 13.2. The molecule has 148 valence electrons. The molecule has 0 aliphatic carbocycles. The zero-order chi connectivity index (χ0) is 20.5. The van der Waals surface area contributed by atoms with Crippen LogP contribution < -0.4 is 4.90 Å². The minimum Gasteiger partial charge on any atom is -0.465 e. The van der Waals surface area contributed by atoms with Crippen molar-refractivity contribution in [3.05, 3.63) is 80.6 Å². The van der Waals surface area contributed by atoms with Crippen LogP contribution in [0.3, 0.4) is 0 Å². The lowest BCUT2D eigenvalue weighted by molar-refractivity contribution is 0.0600. The molecule has 0 radical (unpaired) electrons. The molecule has 0 saturated heterocycles. The number of amides is 1. The summed E-state index contributed by atoms with van der Waals surface area (Å²) >= 11 is 1.37. The molecule has 0 atom stereocenters. The van der Waals surface area contributed by atoms with E-state index < -0.39 is 0 Å². The number of methoxy groups -OCH3 is 1. The van der Waals surface area contributed by atoms with Crippen molar-refractivity contribution in [1.82, 2.24) is 4.98 Å². The second-order valence-corrected chi connectivity index (χ2v) is 7.95. The monoisotopic (exact) mass is 410 g/mol. The van der Waals surface area contributed by atoms with E-state index in [1.54, 1.807) is 35.2 Å². The number of anilines is 1. The van der Waals surface area contributed by atoms with Crippen LogP contribution in [0.4, 0.5) is 10.1 Å². The van der Waals surface area contributed by atoms with Gasteiger partial charge in [0.1, 0.15) is 10.7 Å². The number of aryl methyl sites for hydroxylation is 1. The Hall–Kier alpha value is -3.06. The predicted octanol–water partition coefficient (Wildman–Crippen LogP) is 4.17. The number of aromatic nitrogens is 1. The summed E-state index contributed by atoms with van der Waals surface area (Å²) in [5.41, 5.74) is 3.89. The smallest absolute Gasteiger partial charge is 0.337 e. The third-order valence-electron chi connectivity index (χ3n) is 4.95. The van der Waals surface area contributed by atoms with E-state index in [9.17, 15) is 14.0 Å².